The Morgan fingerprint density at radius 2 is 1.94 bits per heavy atom. The van der Waals surface area contributed by atoms with Crippen molar-refractivity contribution in [1.29, 1.82) is 0 Å². The maximum absolute atomic E-state index is 4.35. The van der Waals surface area contributed by atoms with Gasteiger partial charge in [0.25, 0.3) is 0 Å². The molecule has 0 aromatic carbocycles. The summed E-state index contributed by atoms with van der Waals surface area (Å²) < 4.78 is 0. The molecular weight excluding hydrogens is 216 g/mol. The molecule has 2 fully saturated rings. The number of rotatable bonds is 0. The lowest BCUT2D eigenvalue weighted by molar-refractivity contribution is 0.147. The van der Waals surface area contributed by atoms with Crippen LogP contribution >= 0.6 is 0 Å². The molecule has 0 nitrogen and oxygen atoms in total. The van der Waals surface area contributed by atoms with E-state index < -0.39 is 0 Å². The van der Waals surface area contributed by atoms with Crippen LogP contribution in [0.25, 0.3) is 0 Å². The molecule has 0 heterocycles. The van der Waals surface area contributed by atoms with Crippen LogP contribution in [-0.4, -0.2) is 0 Å². The summed E-state index contributed by atoms with van der Waals surface area (Å²) >= 11 is 0. The van der Waals surface area contributed by atoms with Crippen LogP contribution in [0.3, 0.4) is 0 Å². The first kappa shape index (κ1) is 12.0. The summed E-state index contributed by atoms with van der Waals surface area (Å²) in [4.78, 5) is 0. The molecule has 3 rings (SSSR count). The van der Waals surface area contributed by atoms with Gasteiger partial charge in [-0.15, -0.1) is 0 Å². The maximum Gasteiger partial charge on any atom is 0.00213 e. The predicted molar refractivity (Wildman–Crippen MR) is 78.2 cm³/mol. The fourth-order valence-electron chi connectivity index (χ4n) is 4.75. The topological polar surface area (TPSA) is 0 Å². The van der Waals surface area contributed by atoms with E-state index in [-0.39, 0.29) is 5.41 Å². The summed E-state index contributed by atoms with van der Waals surface area (Å²) in [6.45, 7) is 17.7. The van der Waals surface area contributed by atoms with Gasteiger partial charge < -0.3 is 0 Å². The third-order valence-corrected chi connectivity index (χ3v) is 6.06. The minimum Gasteiger partial charge on any atom is -0.0956 e. The van der Waals surface area contributed by atoms with Gasteiger partial charge in [-0.1, -0.05) is 51.3 Å². The van der Waals surface area contributed by atoms with E-state index in [0.29, 0.717) is 17.8 Å². The molecule has 0 aromatic rings. The summed E-state index contributed by atoms with van der Waals surface area (Å²) in [7, 11) is 0. The lowest BCUT2D eigenvalue weighted by atomic mass is 9.62. The number of allylic oxidation sites excluding steroid dienone is 5. The van der Waals surface area contributed by atoms with Crippen molar-refractivity contribution in [1.82, 2.24) is 0 Å². The van der Waals surface area contributed by atoms with Crippen molar-refractivity contribution in [2.24, 2.45) is 29.1 Å². The Balaban J connectivity index is 2.08. The molecule has 0 aromatic heterocycles. The summed E-state index contributed by atoms with van der Waals surface area (Å²) in [5, 5.41) is 0. The van der Waals surface area contributed by atoms with Crippen LogP contribution in [0.2, 0.25) is 0 Å². The first-order valence-corrected chi connectivity index (χ1v) is 7.20. The summed E-state index contributed by atoms with van der Waals surface area (Å²) in [6.07, 6.45) is 8.42. The van der Waals surface area contributed by atoms with Gasteiger partial charge in [-0.05, 0) is 54.1 Å². The van der Waals surface area contributed by atoms with Crippen molar-refractivity contribution >= 4 is 0 Å². The predicted octanol–water partition coefficient (Wildman–Crippen LogP) is 4.91. The van der Waals surface area contributed by atoms with Crippen LogP contribution in [0.1, 0.15) is 33.1 Å². The van der Waals surface area contributed by atoms with Crippen LogP contribution in [0.5, 0.6) is 0 Å². The monoisotopic (exact) mass is 240 g/mol. The lowest BCUT2D eigenvalue weighted by Crippen LogP contribution is -2.35. The Labute approximate surface area is 111 Å². The molecule has 5 unspecified atom stereocenters. The second kappa shape index (κ2) is 3.73. The molecule has 0 aliphatic heterocycles. The highest BCUT2D eigenvalue weighted by atomic mass is 14.6. The molecule has 0 heteroatoms. The van der Waals surface area contributed by atoms with Crippen molar-refractivity contribution in [2.75, 3.05) is 0 Å². The maximum atomic E-state index is 4.35. The van der Waals surface area contributed by atoms with E-state index in [1.54, 1.807) is 0 Å². The van der Waals surface area contributed by atoms with Gasteiger partial charge in [-0.25, -0.2) is 0 Å². The Morgan fingerprint density at radius 1 is 1.22 bits per heavy atom. The Morgan fingerprint density at radius 3 is 2.67 bits per heavy atom. The van der Waals surface area contributed by atoms with Crippen molar-refractivity contribution in [3.8, 4) is 0 Å². The fourth-order valence-corrected chi connectivity index (χ4v) is 4.75. The first-order valence-electron chi connectivity index (χ1n) is 7.20. The van der Waals surface area contributed by atoms with Crippen LogP contribution in [0.15, 0.2) is 48.6 Å². The zero-order valence-electron chi connectivity index (χ0n) is 11.7. The number of fused-ring (bicyclic) bond motifs is 3. The molecule has 96 valence electrons. The molecule has 5 atom stereocenters. The Bertz CT molecular complexity index is 464. The van der Waals surface area contributed by atoms with E-state index in [1.165, 1.54) is 29.6 Å². The Kier molecular flexibility index (Phi) is 2.49. The van der Waals surface area contributed by atoms with Crippen LogP contribution < -0.4 is 0 Å². The fraction of sp³-hybridized carbons (Fsp3) is 0.556. The van der Waals surface area contributed by atoms with Crippen LogP contribution in [-0.2, 0) is 0 Å². The lowest BCUT2D eigenvalue weighted by Gasteiger charge is -2.41. The van der Waals surface area contributed by atoms with Gasteiger partial charge in [0.1, 0.15) is 0 Å². The van der Waals surface area contributed by atoms with Gasteiger partial charge in [-0.2, -0.15) is 0 Å². The molecule has 0 amide bonds. The van der Waals surface area contributed by atoms with Gasteiger partial charge in [0.2, 0.25) is 0 Å². The van der Waals surface area contributed by atoms with Crippen LogP contribution in [0.4, 0.5) is 0 Å². The number of hydrogen-bond acceptors (Lipinski definition) is 0. The quantitative estimate of drug-likeness (QED) is 0.564. The van der Waals surface area contributed by atoms with Gasteiger partial charge in [0.15, 0.2) is 0 Å². The summed E-state index contributed by atoms with van der Waals surface area (Å²) in [5.41, 5.74) is 4.19. The third-order valence-electron chi connectivity index (χ3n) is 6.06. The minimum absolute atomic E-state index is 0.239. The molecule has 0 bridgehead atoms. The largest absolute Gasteiger partial charge is 0.0956 e. The standard InChI is InChI=1S/C18H24/c1-11-6-8-15-14(4)12(2)10-17(15)18(5)13(3)7-9-16(11)18/h7,9,11,15-17H,2-4,6,8,10H2,1,5H3. The molecular formula is C18H24. The first-order chi connectivity index (χ1) is 8.46. The number of hydrogen-bond donors (Lipinski definition) is 0. The van der Waals surface area contributed by atoms with Gasteiger partial charge in [-0.3, -0.25) is 0 Å². The molecule has 3 aliphatic rings. The van der Waals surface area contributed by atoms with Gasteiger partial charge >= 0.3 is 0 Å². The highest BCUT2D eigenvalue weighted by Gasteiger charge is 2.53. The SMILES string of the molecule is C=C1CC2C(CCC(C)C3C=CC(=C)C32C)C1=C. The second-order valence-corrected chi connectivity index (χ2v) is 6.79. The van der Waals surface area contributed by atoms with E-state index >= 15 is 0 Å². The van der Waals surface area contributed by atoms with E-state index in [9.17, 15) is 0 Å². The molecule has 0 radical (unpaired) electrons. The molecule has 0 saturated heterocycles. The molecule has 0 spiro atoms. The van der Waals surface area contributed by atoms with E-state index in [0.717, 1.165) is 12.3 Å². The van der Waals surface area contributed by atoms with Gasteiger partial charge in [0.05, 0.1) is 0 Å². The van der Waals surface area contributed by atoms with E-state index in [1.807, 2.05) is 0 Å². The van der Waals surface area contributed by atoms with Crippen molar-refractivity contribution in [2.45, 2.75) is 33.1 Å². The van der Waals surface area contributed by atoms with Crippen molar-refractivity contribution in [3.05, 3.63) is 48.6 Å². The highest BCUT2D eigenvalue weighted by molar-refractivity contribution is 5.42. The summed E-state index contributed by atoms with van der Waals surface area (Å²) in [6, 6.07) is 0. The smallest absolute Gasteiger partial charge is 0.00213 e. The summed E-state index contributed by atoms with van der Waals surface area (Å²) in [5.74, 6) is 2.75. The van der Waals surface area contributed by atoms with E-state index in [2.05, 4.69) is 45.7 Å². The van der Waals surface area contributed by atoms with Gasteiger partial charge in [0, 0.05) is 5.41 Å². The zero-order valence-corrected chi connectivity index (χ0v) is 11.7. The molecule has 18 heavy (non-hydrogen) atoms. The van der Waals surface area contributed by atoms with Crippen molar-refractivity contribution < 1.29 is 0 Å². The molecule has 0 N–H and O–H groups in total. The van der Waals surface area contributed by atoms with Crippen molar-refractivity contribution in [3.63, 3.8) is 0 Å². The third kappa shape index (κ3) is 1.32. The average Bonchev–Trinajstić information content (AvgIpc) is 2.75. The normalized spacial score (nSPS) is 47.1. The molecule has 2 saturated carbocycles. The van der Waals surface area contributed by atoms with E-state index in [4.69, 9.17) is 0 Å². The average molecular weight is 240 g/mol. The zero-order chi connectivity index (χ0) is 13.1. The van der Waals surface area contributed by atoms with Crippen LogP contribution in [0, 0.1) is 29.1 Å². The Hall–Kier alpha value is -1.04. The second-order valence-electron chi connectivity index (χ2n) is 6.79. The highest BCUT2D eigenvalue weighted by Crippen LogP contribution is 2.62. The molecule has 3 aliphatic carbocycles. The minimum atomic E-state index is 0.239.